The Morgan fingerprint density at radius 3 is 2.73 bits per heavy atom. The van der Waals surface area contributed by atoms with E-state index in [1.165, 1.54) is 20.3 Å². The fraction of sp³-hybridized carbons (Fsp3) is 0.211. The molecule has 2 rings (SSSR count). The number of carbonyl (C=O) groups excluding carboxylic acids is 1. The molecule has 0 fully saturated rings. The summed E-state index contributed by atoms with van der Waals surface area (Å²) < 4.78 is 16.9. The monoisotopic (exact) mass is 439 g/mol. The van der Waals surface area contributed by atoms with Gasteiger partial charge in [-0.3, -0.25) is 4.79 Å². The topological polar surface area (TPSA) is 56.8 Å². The minimum absolute atomic E-state index is 0.228. The molecule has 5 nitrogen and oxygen atoms in total. The highest BCUT2D eigenvalue weighted by molar-refractivity contribution is 9.10. The summed E-state index contributed by atoms with van der Waals surface area (Å²) in [5.41, 5.74) is 0.730. The van der Waals surface area contributed by atoms with Crippen LogP contribution in [0, 0.1) is 0 Å². The minimum atomic E-state index is -0.228. The molecule has 1 amide bonds. The maximum absolute atomic E-state index is 11.9. The van der Waals surface area contributed by atoms with Gasteiger partial charge in [-0.25, -0.2) is 0 Å². The number of hydrogen-bond acceptors (Lipinski definition) is 4. The Labute approximate surface area is 166 Å². The number of ether oxygens (including phenoxy) is 3. The lowest BCUT2D eigenvalue weighted by atomic mass is 10.2. The van der Waals surface area contributed by atoms with E-state index in [1.54, 1.807) is 18.2 Å². The number of hydrogen-bond donors (Lipinski definition) is 1. The third kappa shape index (κ3) is 5.97. The second-order valence-electron chi connectivity index (χ2n) is 5.17. The Hall–Kier alpha value is -2.18. The number of rotatable bonds is 8. The molecule has 0 saturated heterocycles. The molecule has 1 N–H and O–H groups in total. The van der Waals surface area contributed by atoms with Crippen molar-refractivity contribution in [2.75, 3.05) is 27.4 Å². The van der Waals surface area contributed by atoms with Gasteiger partial charge in [-0.05, 0) is 42.0 Å². The lowest BCUT2D eigenvalue weighted by Gasteiger charge is -2.10. The van der Waals surface area contributed by atoms with Crippen LogP contribution in [0.3, 0.4) is 0 Å². The third-order valence-electron chi connectivity index (χ3n) is 3.35. The SMILES string of the molecule is COc1cc(/C=C/C(=O)NCCOc2cccc(Br)c2)cc(Cl)c1OC. The van der Waals surface area contributed by atoms with Crippen molar-refractivity contribution in [3.8, 4) is 17.2 Å². The Kier molecular flexibility index (Phi) is 7.81. The predicted octanol–water partition coefficient (Wildman–Crippen LogP) is 4.33. The van der Waals surface area contributed by atoms with Gasteiger partial charge < -0.3 is 19.5 Å². The molecular formula is C19H19BrClNO4. The molecule has 0 aromatic heterocycles. The Morgan fingerprint density at radius 2 is 2.04 bits per heavy atom. The molecular weight excluding hydrogens is 422 g/mol. The first-order valence-electron chi connectivity index (χ1n) is 7.79. The third-order valence-corrected chi connectivity index (χ3v) is 4.12. The van der Waals surface area contributed by atoms with E-state index in [-0.39, 0.29) is 5.91 Å². The molecule has 138 valence electrons. The normalized spacial score (nSPS) is 10.6. The summed E-state index contributed by atoms with van der Waals surface area (Å²) in [5, 5.41) is 3.16. The number of carbonyl (C=O) groups is 1. The highest BCUT2D eigenvalue weighted by Gasteiger charge is 2.09. The second kappa shape index (κ2) is 10.1. The smallest absolute Gasteiger partial charge is 0.244 e. The number of amides is 1. The van der Waals surface area contributed by atoms with Crippen LogP contribution in [0.1, 0.15) is 5.56 Å². The summed E-state index contributed by atoms with van der Waals surface area (Å²) >= 11 is 9.52. The van der Waals surface area contributed by atoms with Crippen LogP contribution >= 0.6 is 27.5 Å². The van der Waals surface area contributed by atoms with E-state index in [0.717, 1.165) is 15.8 Å². The Bertz CT molecular complexity index is 795. The van der Waals surface area contributed by atoms with E-state index in [9.17, 15) is 4.79 Å². The quantitative estimate of drug-likeness (QED) is 0.490. The van der Waals surface area contributed by atoms with Crippen molar-refractivity contribution in [3.63, 3.8) is 0 Å². The molecule has 0 aliphatic heterocycles. The van der Waals surface area contributed by atoms with Crippen LogP contribution < -0.4 is 19.5 Å². The number of nitrogens with one attached hydrogen (secondary N) is 1. The summed E-state index contributed by atoms with van der Waals surface area (Å²) in [5.74, 6) is 1.47. The zero-order valence-electron chi connectivity index (χ0n) is 14.4. The van der Waals surface area contributed by atoms with Gasteiger partial charge in [0.05, 0.1) is 25.8 Å². The van der Waals surface area contributed by atoms with Gasteiger partial charge in [0.1, 0.15) is 12.4 Å². The molecule has 0 atom stereocenters. The second-order valence-corrected chi connectivity index (χ2v) is 6.49. The lowest BCUT2D eigenvalue weighted by molar-refractivity contribution is -0.116. The van der Waals surface area contributed by atoms with Gasteiger partial charge in [-0.1, -0.05) is 33.6 Å². The zero-order valence-corrected chi connectivity index (χ0v) is 16.8. The Balaban J connectivity index is 1.84. The van der Waals surface area contributed by atoms with Crippen molar-refractivity contribution in [1.29, 1.82) is 0 Å². The molecule has 0 saturated carbocycles. The minimum Gasteiger partial charge on any atom is -0.493 e. The molecule has 26 heavy (non-hydrogen) atoms. The van der Waals surface area contributed by atoms with Gasteiger partial charge in [-0.2, -0.15) is 0 Å². The fourth-order valence-corrected chi connectivity index (χ4v) is 2.84. The molecule has 0 unspecified atom stereocenters. The summed E-state index contributed by atoms with van der Waals surface area (Å²) in [6.45, 7) is 0.764. The van der Waals surface area contributed by atoms with Crippen LogP contribution in [0.4, 0.5) is 0 Å². The molecule has 7 heteroatoms. The highest BCUT2D eigenvalue weighted by Crippen LogP contribution is 2.36. The van der Waals surface area contributed by atoms with Crippen LogP contribution in [0.5, 0.6) is 17.2 Å². The van der Waals surface area contributed by atoms with Gasteiger partial charge in [-0.15, -0.1) is 0 Å². The van der Waals surface area contributed by atoms with Crippen molar-refractivity contribution >= 4 is 39.5 Å². The van der Waals surface area contributed by atoms with Crippen LogP contribution in [-0.2, 0) is 4.79 Å². The van der Waals surface area contributed by atoms with E-state index < -0.39 is 0 Å². The van der Waals surface area contributed by atoms with E-state index in [0.29, 0.717) is 29.7 Å². The molecule has 0 aliphatic carbocycles. The van der Waals surface area contributed by atoms with Crippen molar-refractivity contribution in [2.45, 2.75) is 0 Å². The van der Waals surface area contributed by atoms with E-state index in [1.807, 2.05) is 24.3 Å². The fourth-order valence-electron chi connectivity index (χ4n) is 2.16. The lowest BCUT2D eigenvalue weighted by Crippen LogP contribution is -2.26. The molecule has 0 aliphatic rings. The first-order valence-corrected chi connectivity index (χ1v) is 8.96. The standard InChI is InChI=1S/C19H19BrClNO4/c1-24-17-11-13(10-16(21)19(17)25-2)6-7-18(23)22-8-9-26-15-5-3-4-14(20)12-15/h3-7,10-12H,8-9H2,1-2H3,(H,22,23)/b7-6+. The molecule has 0 heterocycles. The van der Waals surface area contributed by atoms with Crippen molar-refractivity contribution in [1.82, 2.24) is 5.32 Å². The zero-order chi connectivity index (χ0) is 18.9. The summed E-state index contributed by atoms with van der Waals surface area (Å²) in [7, 11) is 3.04. The van der Waals surface area contributed by atoms with Crippen molar-refractivity contribution in [2.24, 2.45) is 0 Å². The van der Waals surface area contributed by atoms with Gasteiger partial charge in [0, 0.05) is 10.5 Å². The summed E-state index contributed by atoms with van der Waals surface area (Å²) in [4.78, 5) is 11.9. The maximum atomic E-state index is 11.9. The van der Waals surface area contributed by atoms with Gasteiger partial charge in [0.15, 0.2) is 11.5 Å². The van der Waals surface area contributed by atoms with Gasteiger partial charge >= 0.3 is 0 Å². The molecule has 0 bridgehead atoms. The predicted molar refractivity (Wildman–Crippen MR) is 106 cm³/mol. The average Bonchev–Trinajstić information content (AvgIpc) is 2.63. The van der Waals surface area contributed by atoms with Crippen molar-refractivity contribution in [3.05, 3.63) is 57.5 Å². The van der Waals surface area contributed by atoms with Crippen LogP contribution in [0.2, 0.25) is 5.02 Å². The first-order chi connectivity index (χ1) is 12.5. The molecule has 2 aromatic rings. The number of halogens is 2. The highest BCUT2D eigenvalue weighted by atomic mass is 79.9. The van der Waals surface area contributed by atoms with E-state index in [4.69, 9.17) is 25.8 Å². The molecule has 0 spiro atoms. The van der Waals surface area contributed by atoms with E-state index in [2.05, 4.69) is 21.2 Å². The van der Waals surface area contributed by atoms with Crippen LogP contribution in [0.25, 0.3) is 6.08 Å². The maximum Gasteiger partial charge on any atom is 0.244 e. The molecule has 0 radical (unpaired) electrons. The average molecular weight is 441 g/mol. The van der Waals surface area contributed by atoms with Crippen LogP contribution in [0.15, 0.2) is 46.9 Å². The van der Waals surface area contributed by atoms with Crippen LogP contribution in [-0.4, -0.2) is 33.3 Å². The first kappa shape index (κ1) is 20.1. The van der Waals surface area contributed by atoms with Gasteiger partial charge in [0.25, 0.3) is 0 Å². The Morgan fingerprint density at radius 1 is 1.23 bits per heavy atom. The number of benzene rings is 2. The summed E-state index contributed by atoms with van der Waals surface area (Å²) in [6.07, 6.45) is 3.08. The van der Waals surface area contributed by atoms with Crippen molar-refractivity contribution < 1.29 is 19.0 Å². The molecule has 2 aromatic carbocycles. The number of methoxy groups -OCH3 is 2. The largest absolute Gasteiger partial charge is 0.493 e. The summed E-state index contributed by atoms with van der Waals surface area (Å²) in [6, 6.07) is 11.0. The van der Waals surface area contributed by atoms with E-state index >= 15 is 0 Å². The van der Waals surface area contributed by atoms with Gasteiger partial charge in [0.2, 0.25) is 5.91 Å².